The highest BCUT2D eigenvalue weighted by Gasteiger charge is 2.35. The summed E-state index contributed by atoms with van der Waals surface area (Å²) in [4.78, 5) is 25.6. The van der Waals surface area contributed by atoms with E-state index in [1.165, 1.54) is 0 Å². The van der Waals surface area contributed by atoms with Crippen LogP contribution in [-0.4, -0.2) is 53.8 Å². The molecule has 9 heteroatoms. The number of para-hydroxylation sites is 1. The SMILES string of the molecule is O=C1c2ccccc2C(=O)N1CCS(=O)(=O)NCCc1cnn(-c2ccccc2)c1. The van der Waals surface area contributed by atoms with Crippen molar-refractivity contribution in [2.24, 2.45) is 0 Å². The van der Waals surface area contributed by atoms with Gasteiger partial charge in [0.2, 0.25) is 10.0 Å². The number of aromatic nitrogens is 2. The van der Waals surface area contributed by atoms with E-state index in [0.29, 0.717) is 17.5 Å². The number of hydrogen-bond donors (Lipinski definition) is 1. The number of rotatable bonds is 8. The molecule has 2 heterocycles. The molecule has 1 N–H and O–H groups in total. The zero-order valence-electron chi connectivity index (χ0n) is 16.1. The molecular weight excluding hydrogens is 404 g/mol. The van der Waals surface area contributed by atoms with Crippen molar-refractivity contribution in [2.45, 2.75) is 6.42 Å². The summed E-state index contributed by atoms with van der Waals surface area (Å²) >= 11 is 0. The van der Waals surface area contributed by atoms with Crippen LogP contribution in [0.3, 0.4) is 0 Å². The van der Waals surface area contributed by atoms with Crippen molar-refractivity contribution in [2.75, 3.05) is 18.8 Å². The molecule has 30 heavy (non-hydrogen) atoms. The minimum absolute atomic E-state index is 0.187. The van der Waals surface area contributed by atoms with Crippen molar-refractivity contribution in [3.8, 4) is 5.69 Å². The lowest BCUT2D eigenvalue weighted by Gasteiger charge is -2.14. The van der Waals surface area contributed by atoms with Gasteiger partial charge in [0.1, 0.15) is 0 Å². The smallest absolute Gasteiger partial charge is 0.261 e. The lowest BCUT2D eigenvalue weighted by Crippen LogP contribution is -2.38. The van der Waals surface area contributed by atoms with Crippen LogP contribution in [0.1, 0.15) is 26.3 Å². The number of amides is 2. The Labute approximate surface area is 174 Å². The minimum atomic E-state index is -3.64. The highest BCUT2D eigenvalue weighted by Crippen LogP contribution is 2.22. The molecule has 1 aromatic heterocycles. The van der Waals surface area contributed by atoms with Gasteiger partial charge in [0, 0.05) is 19.3 Å². The number of benzene rings is 2. The molecule has 0 aliphatic carbocycles. The first-order valence-corrected chi connectivity index (χ1v) is 11.1. The number of nitrogens with zero attached hydrogens (tertiary/aromatic N) is 3. The molecule has 0 saturated heterocycles. The van der Waals surface area contributed by atoms with E-state index < -0.39 is 21.8 Å². The van der Waals surface area contributed by atoms with E-state index >= 15 is 0 Å². The Morgan fingerprint density at radius 3 is 2.20 bits per heavy atom. The first kappa shape index (κ1) is 20.0. The molecule has 0 radical (unpaired) electrons. The third-order valence-electron chi connectivity index (χ3n) is 4.85. The Hall–Kier alpha value is -3.30. The van der Waals surface area contributed by atoms with Crippen LogP contribution in [-0.2, 0) is 16.4 Å². The van der Waals surface area contributed by atoms with E-state index in [1.54, 1.807) is 35.1 Å². The number of imide groups is 1. The number of carbonyl (C=O) groups is 2. The van der Waals surface area contributed by atoms with E-state index in [-0.39, 0.29) is 18.8 Å². The molecule has 1 aliphatic heterocycles. The minimum Gasteiger partial charge on any atom is -0.273 e. The molecule has 0 spiro atoms. The topological polar surface area (TPSA) is 101 Å². The molecule has 8 nitrogen and oxygen atoms in total. The molecule has 4 rings (SSSR count). The van der Waals surface area contributed by atoms with Crippen LogP contribution in [0, 0.1) is 0 Å². The van der Waals surface area contributed by atoms with Gasteiger partial charge in [-0.05, 0) is 36.2 Å². The van der Waals surface area contributed by atoms with Gasteiger partial charge in [0.25, 0.3) is 11.8 Å². The predicted octanol–water partition coefficient (Wildman–Crippen LogP) is 1.63. The average Bonchev–Trinajstić information content (AvgIpc) is 3.31. The molecule has 0 bridgehead atoms. The molecular formula is C21H20N4O4S. The van der Waals surface area contributed by atoms with Crippen molar-refractivity contribution in [1.29, 1.82) is 0 Å². The second-order valence-corrected chi connectivity index (χ2v) is 8.83. The summed E-state index contributed by atoms with van der Waals surface area (Å²) in [5, 5.41) is 4.28. The van der Waals surface area contributed by atoms with Crippen LogP contribution in [0.15, 0.2) is 67.0 Å². The maximum absolute atomic E-state index is 12.3. The van der Waals surface area contributed by atoms with Gasteiger partial charge in [-0.1, -0.05) is 30.3 Å². The summed E-state index contributed by atoms with van der Waals surface area (Å²) in [7, 11) is -3.64. The van der Waals surface area contributed by atoms with Crippen molar-refractivity contribution in [1.82, 2.24) is 19.4 Å². The molecule has 0 atom stereocenters. The lowest BCUT2D eigenvalue weighted by atomic mass is 10.1. The highest BCUT2D eigenvalue weighted by molar-refractivity contribution is 7.89. The fourth-order valence-corrected chi connectivity index (χ4v) is 4.27. The van der Waals surface area contributed by atoms with Crippen LogP contribution < -0.4 is 4.72 Å². The fraction of sp³-hybridized carbons (Fsp3) is 0.190. The second-order valence-electron chi connectivity index (χ2n) is 6.90. The van der Waals surface area contributed by atoms with E-state index in [1.807, 2.05) is 36.5 Å². The Morgan fingerprint density at radius 1 is 0.900 bits per heavy atom. The molecule has 0 unspecified atom stereocenters. The molecule has 1 aliphatic rings. The van der Waals surface area contributed by atoms with Gasteiger partial charge in [-0.25, -0.2) is 17.8 Å². The number of sulfonamides is 1. The van der Waals surface area contributed by atoms with Gasteiger partial charge in [0.05, 0.1) is 28.8 Å². The van der Waals surface area contributed by atoms with Crippen molar-refractivity contribution >= 4 is 21.8 Å². The van der Waals surface area contributed by atoms with E-state index in [2.05, 4.69) is 9.82 Å². The Balaban J connectivity index is 1.29. The van der Waals surface area contributed by atoms with Gasteiger partial charge in [0.15, 0.2) is 0 Å². The zero-order valence-corrected chi connectivity index (χ0v) is 16.9. The molecule has 0 saturated carbocycles. The first-order valence-electron chi connectivity index (χ1n) is 9.46. The van der Waals surface area contributed by atoms with Gasteiger partial charge in [-0.2, -0.15) is 5.10 Å². The van der Waals surface area contributed by atoms with Gasteiger partial charge >= 0.3 is 0 Å². The van der Waals surface area contributed by atoms with Gasteiger partial charge in [-0.3, -0.25) is 14.5 Å². The molecule has 2 aromatic carbocycles. The largest absolute Gasteiger partial charge is 0.273 e. The van der Waals surface area contributed by atoms with E-state index in [4.69, 9.17) is 0 Å². The molecule has 0 fully saturated rings. The van der Waals surface area contributed by atoms with Crippen LogP contribution in [0.4, 0.5) is 0 Å². The third kappa shape index (κ3) is 4.17. The summed E-state index contributed by atoms with van der Waals surface area (Å²) < 4.78 is 28.9. The molecule has 3 aromatic rings. The summed E-state index contributed by atoms with van der Waals surface area (Å²) in [6.07, 6.45) is 4.02. The number of nitrogens with one attached hydrogen (secondary N) is 1. The van der Waals surface area contributed by atoms with Gasteiger partial charge in [-0.15, -0.1) is 0 Å². The Morgan fingerprint density at radius 2 is 1.53 bits per heavy atom. The zero-order chi connectivity index (χ0) is 21.1. The third-order valence-corrected chi connectivity index (χ3v) is 6.22. The predicted molar refractivity (Wildman–Crippen MR) is 111 cm³/mol. The lowest BCUT2D eigenvalue weighted by molar-refractivity contribution is 0.0664. The maximum Gasteiger partial charge on any atom is 0.261 e. The quantitative estimate of drug-likeness (QED) is 0.554. The van der Waals surface area contributed by atoms with Crippen molar-refractivity contribution in [3.05, 3.63) is 83.7 Å². The summed E-state index contributed by atoms with van der Waals surface area (Å²) in [5.74, 6) is -1.26. The Bertz CT molecular complexity index is 1150. The van der Waals surface area contributed by atoms with Crippen molar-refractivity contribution in [3.63, 3.8) is 0 Å². The Kier molecular flexibility index (Phi) is 5.47. The average molecular weight is 424 g/mol. The van der Waals surface area contributed by atoms with Crippen LogP contribution in [0.5, 0.6) is 0 Å². The molecule has 2 amide bonds. The van der Waals surface area contributed by atoms with Crippen LogP contribution >= 0.6 is 0 Å². The normalized spacial score (nSPS) is 13.7. The van der Waals surface area contributed by atoms with E-state index in [9.17, 15) is 18.0 Å². The summed E-state index contributed by atoms with van der Waals surface area (Å²) in [6.45, 7) is 0.0125. The van der Waals surface area contributed by atoms with Crippen LogP contribution in [0.25, 0.3) is 5.69 Å². The van der Waals surface area contributed by atoms with Crippen molar-refractivity contribution < 1.29 is 18.0 Å². The highest BCUT2D eigenvalue weighted by atomic mass is 32.2. The first-order chi connectivity index (χ1) is 14.4. The standard InChI is InChI=1S/C21H20N4O4S/c26-20-18-8-4-5-9-19(18)21(27)24(20)12-13-30(28,29)23-11-10-16-14-22-25(15-16)17-6-2-1-3-7-17/h1-9,14-15,23H,10-13H2. The number of fused-ring (bicyclic) bond motifs is 1. The number of hydrogen-bond acceptors (Lipinski definition) is 5. The van der Waals surface area contributed by atoms with Crippen LogP contribution in [0.2, 0.25) is 0 Å². The van der Waals surface area contributed by atoms with E-state index in [0.717, 1.165) is 16.2 Å². The van der Waals surface area contributed by atoms with Gasteiger partial charge < -0.3 is 0 Å². The number of carbonyl (C=O) groups excluding carboxylic acids is 2. The molecule has 154 valence electrons. The summed E-state index contributed by atoms with van der Waals surface area (Å²) in [5.41, 5.74) is 2.43. The monoisotopic (exact) mass is 424 g/mol. The maximum atomic E-state index is 12.3. The second kappa shape index (κ2) is 8.21. The fourth-order valence-electron chi connectivity index (χ4n) is 3.29. The summed E-state index contributed by atoms with van der Waals surface area (Å²) in [6, 6.07) is 16.1.